The molecule has 28 heavy (non-hydrogen) atoms. The SMILES string of the molecule is CC1CCCC(OCc2cccc(NC(=O)C(=O)NCc3ccncc3)c2)C1. The summed E-state index contributed by atoms with van der Waals surface area (Å²) >= 11 is 0. The van der Waals surface area contributed by atoms with E-state index < -0.39 is 11.8 Å². The van der Waals surface area contributed by atoms with Gasteiger partial charge in [0.1, 0.15) is 0 Å². The van der Waals surface area contributed by atoms with Gasteiger partial charge in [-0.2, -0.15) is 0 Å². The molecule has 6 heteroatoms. The monoisotopic (exact) mass is 381 g/mol. The molecule has 0 radical (unpaired) electrons. The van der Waals surface area contributed by atoms with Crippen molar-refractivity contribution in [1.82, 2.24) is 10.3 Å². The number of carbonyl (C=O) groups is 2. The molecule has 2 amide bonds. The minimum atomic E-state index is -0.687. The number of nitrogens with zero attached hydrogens (tertiary/aromatic N) is 1. The summed E-state index contributed by atoms with van der Waals surface area (Å²) in [5, 5.41) is 5.25. The van der Waals surface area contributed by atoms with Crippen LogP contribution in [0, 0.1) is 5.92 Å². The number of anilines is 1. The molecule has 1 aromatic heterocycles. The lowest BCUT2D eigenvalue weighted by molar-refractivity contribution is -0.136. The smallest absolute Gasteiger partial charge is 0.313 e. The highest BCUT2D eigenvalue weighted by molar-refractivity contribution is 6.39. The fraction of sp³-hybridized carbons (Fsp3) is 0.409. The molecule has 1 heterocycles. The zero-order valence-corrected chi connectivity index (χ0v) is 16.2. The number of benzene rings is 1. The fourth-order valence-electron chi connectivity index (χ4n) is 3.43. The summed E-state index contributed by atoms with van der Waals surface area (Å²) in [4.78, 5) is 28.0. The zero-order chi connectivity index (χ0) is 19.8. The van der Waals surface area contributed by atoms with Crippen molar-refractivity contribution in [2.45, 2.75) is 51.9 Å². The zero-order valence-electron chi connectivity index (χ0n) is 16.2. The van der Waals surface area contributed by atoms with Crippen molar-refractivity contribution in [1.29, 1.82) is 0 Å². The predicted molar refractivity (Wildman–Crippen MR) is 107 cm³/mol. The number of hydrogen-bond acceptors (Lipinski definition) is 4. The molecular formula is C22H27N3O3. The molecule has 0 saturated heterocycles. The molecule has 2 aromatic rings. The van der Waals surface area contributed by atoms with Crippen LogP contribution in [0.15, 0.2) is 48.8 Å². The van der Waals surface area contributed by atoms with E-state index in [1.807, 2.05) is 18.2 Å². The van der Waals surface area contributed by atoms with E-state index in [1.165, 1.54) is 12.8 Å². The Balaban J connectivity index is 1.47. The van der Waals surface area contributed by atoms with Gasteiger partial charge in [-0.25, -0.2) is 0 Å². The van der Waals surface area contributed by atoms with Gasteiger partial charge >= 0.3 is 11.8 Å². The Labute approximate surface area is 165 Å². The number of pyridine rings is 1. The Morgan fingerprint density at radius 1 is 1.11 bits per heavy atom. The van der Waals surface area contributed by atoms with Crippen LogP contribution >= 0.6 is 0 Å². The van der Waals surface area contributed by atoms with Gasteiger partial charge in [-0.05, 0) is 54.2 Å². The Kier molecular flexibility index (Phi) is 7.14. The van der Waals surface area contributed by atoms with Gasteiger partial charge in [-0.1, -0.05) is 31.9 Å². The Morgan fingerprint density at radius 3 is 2.71 bits per heavy atom. The summed E-state index contributed by atoms with van der Waals surface area (Å²) in [7, 11) is 0. The average Bonchev–Trinajstić information content (AvgIpc) is 2.71. The number of ether oxygens (including phenoxy) is 1. The molecular weight excluding hydrogens is 354 g/mol. The van der Waals surface area contributed by atoms with Crippen molar-refractivity contribution in [3.05, 3.63) is 59.9 Å². The van der Waals surface area contributed by atoms with Gasteiger partial charge < -0.3 is 15.4 Å². The molecule has 2 unspecified atom stereocenters. The third-order valence-electron chi connectivity index (χ3n) is 4.97. The quantitative estimate of drug-likeness (QED) is 0.751. The number of carbonyl (C=O) groups excluding carboxylic acids is 2. The first-order valence-corrected chi connectivity index (χ1v) is 9.79. The van der Waals surface area contributed by atoms with Gasteiger partial charge in [0, 0.05) is 24.6 Å². The maximum absolute atomic E-state index is 12.1. The summed E-state index contributed by atoms with van der Waals surface area (Å²) in [6.07, 6.45) is 8.31. The molecule has 1 saturated carbocycles. The van der Waals surface area contributed by atoms with E-state index in [4.69, 9.17) is 4.74 Å². The molecule has 0 aliphatic heterocycles. The Hall–Kier alpha value is -2.73. The number of aromatic nitrogens is 1. The molecule has 3 rings (SSSR count). The van der Waals surface area contributed by atoms with Gasteiger partial charge in [0.25, 0.3) is 0 Å². The number of amides is 2. The van der Waals surface area contributed by atoms with Crippen LogP contribution in [0.1, 0.15) is 43.7 Å². The van der Waals surface area contributed by atoms with Crippen LogP contribution in [0.25, 0.3) is 0 Å². The standard InChI is InChI=1S/C22H27N3O3/c1-16-4-2-7-20(12-16)28-15-18-5-3-6-19(13-18)25-22(27)21(26)24-14-17-8-10-23-11-9-17/h3,5-6,8-11,13,16,20H,2,4,7,12,14-15H2,1H3,(H,24,26)(H,25,27). The lowest BCUT2D eigenvalue weighted by Gasteiger charge is -2.26. The molecule has 1 aromatic carbocycles. The van der Waals surface area contributed by atoms with E-state index in [9.17, 15) is 9.59 Å². The highest BCUT2D eigenvalue weighted by Gasteiger charge is 2.19. The van der Waals surface area contributed by atoms with E-state index >= 15 is 0 Å². The largest absolute Gasteiger partial charge is 0.374 e. The summed E-state index contributed by atoms with van der Waals surface area (Å²) < 4.78 is 6.04. The first-order chi connectivity index (χ1) is 13.6. The van der Waals surface area contributed by atoms with Crippen molar-refractivity contribution >= 4 is 17.5 Å². The van der Waals surface area contributed by atoms with Crippen molar-refractivity contribution in [2.75, 3.05) is 5.32 Å². The van der Waals surface area contributed by atoms with Crippen molar-refractivity contribution < 1.29 is 14.3 Å². The molecule has 0 bridgehead atoms. The summed E-state index contributed by atoms with van der Waals surface area (Å²) in [5.41, 5.74) is 2.45. The Bertz CT molecular complexity index is 795. The summed E-state index contributed by atoms with van der Waals surface area (Å²) in [6.45, 7) is 3.06. The van der Waals surface area contributed by atoms with E-state index in [-0.39, 0.29) is 6.54 Å². The highest BCUT2D eigenvalue weighted by Crippen LogP contribution is 2.26. The van der Waals surface area contributed by atoms with Crippen LogP contribution in [0.3, 0.4) is 0 Å². The molecule has 1 aliphatic carbocycles. The van der Waals surface area contributed by atoms with E-state index in [0.717, 1.165) is 29.9 Å². The first-order valence-electron chi connectivity index (χ1n) is 9.79. The van der Waals surface area contributed by atoms with Gasteiger partial charge in [0.05, 0.1) is 12.7 Å². The molecule has 1 fully saturated rings. The second kappa shape index (κ2) is 9.99. The third-order valence-corrected chi connectivity index (χ3v) is 4.97. The number of hydrogen-bond donors (Lipinski definition) is 2. The van der Waals surface area contributed by atoms with Crippen LogP contribution < -0.4 is 10.6 Å². The highest BCUT2D eigenvalue weighted by atomic mass is 16.5. The van der Waals surface area contributed by atoms with E-state index in [2.05, 4.69) is 22.5 Å². The lowest BCUT2D eigenvalue weighted by atomic mass is 9.89. The van der Waals surface area contributed by atoms with Gasteiger partial charge in [0.15, 0.2) is 0 Å². The second-order valence-electron chi connectivity index (χ2n) is 7.40. The topological polar surface area (TPSA) is 80.3 Å². The van der Waals surface area contributed by atoms with E-state index in [0.29, 0.717) is 18.4 Å². The summed E-state index contributed by atoms with van der Waals surface area (Å²) in [5.74, 6) is -0.641. The maximum Gasteiger partial charge on any atom is 0.313 e. The molecule has 2 N–H and O–H groups in total. The van der Waals surface area contributed by atoms with Crippen molar-refractivity contribution in [3.63, 3.8) is 0 Å². The molecule has 6 nitrogen and oxygen atoms in total. The van der Waals surface area contributed by atoms with Gasteiger partial charge in [-0.15, -0.1) is 0 Å². The molecule has 0 spiro atoms. The van der Waals surface area contributed by atoms with Gasteiger partial charge in [0.2, 0.25) is 0 Å². The number of nitrogens with one attached hydrogen (secondary N) is 2. The van der Waals surface area contributed by atoms with Crippen LogP contribution in [0.4, 0.5) is 5.69 Å². The molecule has 2 atom stereocenters. The third kappa shape index (κ3) is 6.16. The first kappa shape index (κ1) is 20.0. The van der Waals surface area contributed by atoms with Crippen molar-refractivity contribution in [3.8, 4) is 0 Å². The van der Waals surface area contributed by atoms with Crippen LogP contribution in [0.5, 0.6) is 0 Å². The van der Waals surface area contributed by atoms with Crippen LogP contribution in [-0.4, -0.2) is 22.9 Å². The number of rotatable bonds is 6. The Morgan fingerprint density at radius 2 is 1.93 bits per heavy atom. The lowest BCUT2D eigenvalue weighted by Crippen LogP contribution is -2.34. The molecule has 1 aliphatic rings. The van der Waals surface area contributed by atoms with Gasteiger partial charge in [-0.3, -0.25) is 14.6 Å². The van der Waals surface area contributed by atoms with Crippen LogP contribution in [-0.2, 0) is 27.5 Å². The molecule has 148 valence electrons. The minimum absolute atomic E-state index is 0.280. The minimum Gasteiger partial charge on any atom is -0.374 e. The second-order valence-corrected chi connectivity index (χ2v) is 7.40. The summed E-state index contributed by atoms with van der Waals surface area (Å²) in [6, 6.07) is 11.0. The average molecular weight is 381 g/mol. The normalized spacial score (nSPS) is 19.0. The predicted octanol–water partition coefficient (Wildman–Crippen LogP) is 3.43. The fourth-order valence-corrected chi connectivity index (χ4v) is 3.43. The van der Waals surface area contributed by atoms with Crippen LogP contribution in [0.2, 0.25) is 0 Å². The van der Waals surface area contributed by atoms with E-state index in [1.54, 1.807) is 30.6 Å². The maximum atomic E-state index is 12.1. The van der Waals surface area contributed by atoms with Crippen molar-refractivity contribution in [2.24, 2.45) is 5.92 Å².